The van der Waals surface area contributed by atoms with Crippen LogP contribution in [-0.2, 0) is 6.42 Å². The molecular formula is C55H41N. The lowest BCUT2D eigenvalue weighted by atomic mass is 9.79. The van der Waals surface area contributed by atoms with Gasteiger partial charge in [-0.1, -0.05) is 194 Å². The Kier molecular flexibility index (Phi) is 8.82. The van der Waals surface area contributed by atoms with E-state index < -0.39 is 0 Å². The molecule has 0 saturated heterocycles. The maximum absolute atomic E-state index is 2.42. The second-order valence-electron chi connectivity index (χ2n) is 14.9. The molecule has 0 N–H and O–H groups in total. The fourth-order valence-electron chi connectivity index (χ4n) is 8.61. The van der Waals surface area contributed by atoms with E-state index in [1.165, 1.54) is 65.7 Å². The molecule has 0 heterocycles. The molecule has 0 amide bonds. The Balaban J connectivity index is 0.980. The van der Waals surface area contributed by atoms with Crippen molar-refractivity contribution < 1.29 is 0 Å². The highest BCUT2D eigenvalue weighted by molar-refractivity contribution is 6.00. The van der Waals surface area contributed by atoms with Crippen LogP contribution in [0.1, 0.15) is 17.0 Å². The molecular weight excluding hydrogens is 675 g/mol. The summed E-state index contributed by atoms with van der Waals surface area (Å²) in [4.78, 5) is 2.39. The van der Waals surface area contributed by atoms with E-state index in [-0.39, 0.29) is 5.92 Å². The highest BCUT2D eigenvalue weighted by atomic mass is 15.1. The van der Waals surface area contributed by atoms with Crippen molar-refractivity contribution in [3.05, 3.63) is 247 Å². The van der Waals surface area contributed by atoms with Crippen molar-refractivity contribution in [2.75, 3.05) is 4.90 Å². The van der Waals surface area contributed by atoms with Crippen molar-refractivity contribution in [1.82, 2.24) is 0 Å². The van der Waals surface area contributed by atoms with Gasteiger partial charge < -0.3 is 4.90 Å². The van der Waals surface area contributed by atoms with E-state index in [9.17, 15) is 0 Å². The van der Waals surface area contributed by atoms with Crippen LogP contribution in [0.25, 0.3) is 43.4 Å². The van der Waals surface area contributed by atoms with Gasteiger partial charge in [0.05, 0.1) is 5.69 Å². The Morgan fingerprint density at radius 2 is 1.12 bits per heavy atom. The fraction of sp³-hybridized carbons (Fsp3) is 0.0545. The monoisotopic (exact) mass is 715 g/mol. The summed E-state index contributed by atoms with van der Waals surface area (Å²) in [5, 5.41) is 7.53. The lowest BCUT2D eigenvalue weighted by Crippen LogP contribution is -2.10. The Hall–Kier alpha value is -6.96. The third-order valence-electron chi connectivity index (χ3n) is 11.5. The van der Waals surface area contributed by atoms with Gasteiger partial charge in [-0.3, -0.25) is 0 Å². The molecule has 0 saturated carbocycles. The van der Waals surface area contributed by atoms with E-state index in [4.69, 9.17) is 0 Å². The first kappa shape index (κ1) is 33.6. The number of benzene rings is 8. The van der Waals surface area contributed by atoms with Crippen LogP contribution in [0.2, 0.25) is 0 Å². The first-order chi connectivity index (χ1) is 27.7. The summed E-state index contributed by atoms with van der Waals surface area (Å²) in [6, 6.07) is 64.4. The van der Waals surface area contributed by atoms with Gasteiger partial charge in [0.2, 0.25) is 0 Å². The first-order valence-electron chi connectivity index (χ1n) is 19.6. The molecule has 8 aromatic rings. The number of rotatable bonds is 8. The van der Waals surface area contributed by atoms with Crippen LogP contribution in [0.15, 0.2) is 236 Å². The predicted molar refractivity (Wildman–Crippen MR) is 239 cm³/mol. The molecule has 10 rings (SSSR count). The summed E-state index contributed by atoms with van der Waals surface area (Å²) in [6.07, 6.45) is 19.0. The Labute approximate surface area is 329 Å². The van der Waals surface area contributed by atoms with E-state index in [0.29, 0.717) is 5.92 Å². The lowest BCUT2D eigenvalue weighted by molar-refractivity contribution is 0.798. The van der Waals surface area contributed by atoms with Gasteiger partial charge in [-0.2, -0.15) is 0 Å². The number of hydrogen-bond acceptors (Lipinski definition) is 1. The van der Waals surface area contributed by atoms with E-state index in [2.05, 4.69) is 229 Å². The first-order valence-corrected chi connectivity index (χ1v) is 19.6. The molecule has 266 valence electrons. The van der Waals surface area contributed by atoms with Crippen molar-refractivity contribution in [2.24, 2.45) is 5.92 Å². The van der Waals surface area contributed by atoms with Crippen molar-refractivity contribution in [3.8, 4) is 11.1 Å². The minimum absolute atomic E-state index is 0.218. The SMILES string of the molecule is C1=CC=C2C=C(C(Cc3ccc(-c4ccc(N(c5ccc6ccccc6c5)c5cccc6ccccc56)cc4)cc3)c3cccc4ccccc34)C=CC2C=C1. The molecule has 0 aliphatic heterocycles. The highest BCUT2D eigenvalue weighted by Gasteiger charge is 2.23. The van der Waals surface area contributed by atoms with E-state index in [1.54, 1.807) is 0 Å². The van der Waals surface area contributed by atoms with Crippen molar-refractivity contribution in [2.45, 2.75) is 12.3 Å². The summed E-state index contributed by atoms with van der Waals surface area (Å²) in [5.74, 6) is 0.537. The van der Waals surface area contributed by atoms with Crippen LogP contribution in [0.4, 0.5) is 17.1 Å². The number of fused-ring (bicyclic) bond motifs is 4. The van der Waals surface area contributed by atoms with Crippen molar-refractivity contribution in [3.63, 3.8) is 0 Å². The molecule has 2 aliphatic carbocycles. The predicted octanol–water partition coefficient (Wildman–Crippen LogP) is 14.8. The van der Waals surface area contributed by atoms with Crippen LogP contribution < -0.4 is 4.90 Å². The standard InChI is InChI=1S/C55H41N/c1-2-12-40-28-29-48(37-46(40)16-3-1)54(53-22-10-18-44-14-6-8-20-51(44)53)36-39-24-26-42(27-25-39)43-30-33-49(34-31-43)56(50-35-32-41-13-4-5-17-47(41)38-50)55-23-11-19-45-15-7-9-21-52(45)55/h1-35,37-38,40,54H,36H2. The molecule has 2 atom stereocenters. The summed E-state index contributed by atoms with van der Waals surface area (Å²) >= 11 is 0. The molecule has 1 heteroatoms. The zero-order valence-electron chi connectivity index (χ0n) is 31.2. The lowest BCUT2D eigenvalue weighted by Gasteiger charge is -2.27. The largest absolute Gasteiger partial charge is 0.310 e. The number of anilines is 3. The van der Waals surface area contributed by atoms with Crippen LogP contribution in [-0.4, -0.2) is 0 Å². The average Bonchev–Trinajstić information content (AvgIpc) is 3.51. The molecule has 0 aromatic heterocycles. The zero-order chi connectivity index (χ0) is 37.3. The summed E-state index contributed by atoms with van der Waals surface area (Å²) in [5.41, 5.74) is 11.2. The van der Waals surface area contributed by atoms with Gasteiger partial charge in [-0.15, -0.1) is 0 Å². The molecule has 8 aromatic carbocycles. The van der Waals surface area contributed by atoms with E-state index in [0.717, 1.165) is 23.5 Å². The molecule has 0 spiro atoms. The summed E-state index contributed by atoms with van der Waals surface area (Å²) in [7, 11) is 0. The third-order valence-corrected chi connectivity index (χ3v) is 11.5. The van der Waals surface area contributed by atoms with E-state index in [1.807, 2.05) is 0 Å². The molecule has 0 bridgehead atoms. The van der Waals surface area contributed by atoms with Crippen molar-refractivity contribution >= 4 is 49.4 Å². The number of hydrogen-bond donors (Lipinski definition) is 0. The summed E-state index contributed by atoms with van der Waals surface area (Å²) < 4.78 is 0. The maximum atomic E-state index is 2.42. The Bertz CT molecular complexity index is 2870. The van der Waals surface area contributed by atoms with Gasteiger partial charge >= 0.3 is 0 Å². The van der Waals surface area contributed by atoms with Crippen LogP contribution >= 0.6 is 0 Å². The van der Waals surface area contributed by atoms with Crippen LogP contribution in [0, 0.1) is 5.92 Å². The quantitative estimate of drug-likeness (QED) is 0.151. The number of allylic oxidation sites excluding steroid dienone is 10. The van der Waals surface area contributed by atoms with Gasteiger partial charge in [0.25, 0.3) is 0 Å². The molecule has 2 aliphatic rings. The molecule has 0 fully saturated rings. The van der Waals surface area contributed by atoms with Crippen molar-refractivity contribution in [1.29, 1.82) is 0 Å². The number of nitrogens with zero attached hydrogens (tertiary/aromatic N) is 1. The molecule has 1 nitrogen and oxygen atoms in total. The van der Waals surface area contributed by atoms with Crippen LogP contribution in [0.3, 0.4) is 0 Å². The molecule has 2 unspecified atom stereocenters. The fourth-order valence-corrected chi connectivity index (χ4v) is 8.61. The summed E-state index contributed by atoms with van der Waals surface area (Å²) in [6.45, 7) is 0. The minimum atomic E-state index is 0.218. The topological polar surface area (TPSA) is 3.24 Å². The van der Waals surface area contributed by atoms with Gasteiger partial charge in [-0.05, 0) is 97.1 Å². The molecule has 56 heavy (non-hydrogen) atoms. The Morgan fingerprint density at radius 3 is 1.93 bits per heavy atom. The second kappa shape index (κ2) is 14.7. The van der Waals surface area contributed by atoms with Gasteiger partial charge in [0, 0.05) is 28.6 Å². The maximum Gasteiger partial charge on any atom is 0.0540 e. The smallest absolute Gasteiger partial charge is 0.0540 e. The average molecular weight is 716 g/mol. The zero-order valence-corrected chi connectivity index (χ0v) is 31.2. The van der Waals surface area contributed by atoms with Gasteiger partial charge in [0.15, 0.2) is 0 Å². The minimum Gasteiger partial charge on any atom is -0.310 e. The van der Waals surface area contributed by atoms with Gasteiger partial charge in [0.1, 0.15) is 0 Å². The van der Waals surface area contributed by atoms with Crippen LogP contribution in [0.5, 0.6) is 0 Å². The normalized spacial score (nSPS) is 15.3. The van der Waals surface area contributed by atoms with Gasteiger partial charge in [-0.25, -0.2) is 0 Å². The Morgan fingerprint density at radius 1 is 0.482 bits per heavy atom. The molecule has 0 radical (unpaired) electrons. The second-order valence-corrected chi connectivity index (χ2v) is 14.9. The van der Waals surface area contributed by atoms with E-state index >= 15 is 0 Å². The third kappa shape index (κ3) is 6.48. The highest BCUT2D eigenvalue weighted by Crippen LogP contribution is 2.42.